The quantitative estimate of drug-likeness (QED) is 0.563. The van der Waals surface area contributed by atoms with Crippen LogP contribution in [-0.2, 0) is 0 Å². The van der Waals surface area contributed by atoms with E-state index < -0.39 is 4.92 Å². The molecule has 6 heteroatoms. The van der Waals surface area contributed by atoms with Gasteiger partial charge >= 0.3 is 0 Å². The third-order valence-corrected chi connectivity index (χ3v) is 2.86. The normalized spacial score (nSPS) is 10.7. The molecule has 0 spiro atoms. The molecule has 0 atom stereocenters. The smallest absolute Gasteiger partial charge is 0.270 e. The number of aromatic hydroxyl groups is 1. The molecule has 0 unspecified atom stereocenters. The average molecular weight is 255 g/mol. The van der Waals surface area contributed by atoms with Crippen molar-refractivity contribution in [3.05, 3.63) is 58.6 Å². The van der Waals surface area contributed by atoms with Gasteiger partial charge in [-0.05, 0) is 18.2 Å². The molecule has 0 amide bonds. The summed E-state index contributed by atoms with van der Waals surface area (Å²) >= 11 is 0. The zero-order valence-electron chi connectivity index (χ0n) is 9.72. The Bertz CT molecular complexity index is 765. The van der Waals surface area contributed by atoms with E-state index in [9.17, 15) is 15.2 Å². The second-order valence-corrected chi connectivity index (χ2v) is 4.03. The van der Waals surface area contributed by atoms with Gasteiger partial charge in [0.05, 0.1) is 21.5 Å². The first-order valence-electron chi connectivity index (χ1n) is 5.58. The Morgan fingerprint density at radius 2 is 1.89 bits per heavy atom. The van der Waals surface area contributed by atoms with Crippen LogP contribution < -0.4 is 0 Å². The molecule has 3 rings (SSSR count). The summed E-state index contributed by atoms with van der Waals surface area (Å²) < 4.78 is 1.55. The minimum atomic E-state index is -0.501. The summed E-state index contributed by atoms with van der Waals surface area (Å²) in [6.07, 6.45) is 0. The van der Waals surface area contributed by atoms with E-state index in [1.54, 1.807) is 10.7 Å². The summed E-state index contributed by atoms with van der Waals surface area (Å²) in [5.41, 5.74) is 1.33. The van der Waals surface area contributed by atoms with Crippen LogP contribution in [0.5, 0.6) is 5.88 Å². The van der Waals surface area contributed by atoms with Gasteiger partial charge in [0, 0.05) is 12.1 Å². The minimum absolute atomic E-state index is 0.0737. The Balaban J connectivity index is 2.26. The van der Waals surface area contributed by atoms with E-state index >= 15 is 0 Å². The number of nitro groups is 1. The van der Waals surface area contributed by atoms with Crippen molar-refractivity contribution in [2.24, 2.45) is 0 Å². The first-order valence-corrected chi connectivity index (χ1v) is 5.58. The molecule has 0 aliphatic carbocycles. The molecule has 1 heterocycles. The van der Waals surface area contributed by atoms with Gasteiger partial charge in [-0.1, -0.05) is 18.2 Å². The summed E-state index contributed by atoms with van der Waals surface area (Å²) in [5.74, 6) is -0.220. The third kappa shape index (κ3) is 1.79. The molecule has 0 saturated carbocycles. The van der Waals surface area contributed by atoms with Crippen LogP contribution >= 0.6 is 0 Å². The highest BCUT2D eigenvalue weighted by Gasteiger charge is 2.15. The number of hydrogen-bond donors (Lipinski definition) is 1. The Kier molecular flexibility index (Phi) is 2.42. The highest BCUT2D eigenvalue weighted by molar-refractivity contribution is 5.87. The van der Waals surface area contributed by atoms with E-state index in [1.165, 1.54) is 12.1 Å². The van der Waals surface area contributed by atoms with Crippen LogP contribution in [0.25, 0.3) is 16.6 Å². The number of non-ortho nitro benzene ring substituents is 1. The molecule has 0 aliphatic heterocycles. The fourth-order valence-corrected chi connectivity index (χ4v) is 1.97. The summed E-state index contributed by atoms with van der Waals surface area (Å²) in [5, 5.41) is 24.9. The summed E-state index contributed by atoms with van der Waals surface area (Å²) in [6, 6.07) is 13.5. The van der Waals surface area contributed by atoms with Crippen LogP contribution in [0, 0.1) is 10.1 Å². The fraction of sp³-hybridized carbons (Fsp3) is 0. The Morgan fingerprint density at radius 3 is 2.58 bits per heavy atom. The molecule has 0 fully saturated rings. The molecule has 3 aromatic rings. The van der Waals surface area contributed by atoms with E-state index in [0.717, 1.165) is 5.69 Å². The van der Waals surface area contributed by atoms with Gasteiger partial charge in [-0.2, -0.15) is 0 Å². The molecule has 0 radical (unpaired) electrons. The largest absolute Gasteiger partial charge is 0.492 e. The molecule has 1 N–H and O–H groups in total. The Morgan fingerprint density at radius 1 is 1.16 bits per heavy atom. The second kappa shape index (κ2) is 4.09. The number of fused-ring (bicyclic) bond motifs is 1. The maximum absolute atomic E-state index is 10.7. The molecule has 94 valence electrons. The van der Waals surface area contributed by atoms with Gasteiger partial charge in [-0.15, -0.1) is 5.10 Å². The van der Waals surface area contributed by atoms with E-state index in [1.807, 2.05) is 30.3 Å². The summed E-state index contributed by atoms with van der Waals surface area (Å²) in [6.45, 7) is 0. The first-order chi connectivity index (χ1) is 9.16. The molecule has 2 aromatic carbocycles. The van der Waals surface area contributed by atoms with E-state index in [-0.39, 0.29) is 11.6 Å². The lowest BCUT2D eigenvalue weighted by molar-refractivity contribution is -0.384. The number of hydrogen-bond acceptors (Lipinski definition) is 4. The van der Waals surface area contributed by atoms with E-state index in [2.05, 4.69) is 5.10 Å². The Labute approximate surface area is 107 Å². The predicted molar refractivity (Wildman–Crippen MR) is 69.4 cm³/mol. The van der Waals surface area contributed by atoms with Crippen LogP contribution in [-0.4, -0.2) is 19.8 Å². The van der Waals surface area contributed by atoms with Crippen LogP contribution in [0.3, 0.4) is 0 Å². The van der Waals surface area contributed by atoms with Gasteiger partial charge in [-0.25, -0.2) is 4.68 Å². The molecular formula is C13H9N3O3. The van der Waals surface area contributed by atoms with Crippen LogP contribution in [0.15, 0.2) is 48.5 Å². The predicted octanol–water partition coefficient (Wildman–Crippen LogP) is 2.64. The van der Waals surface area contributed by atoms with Gasteiger partial charge in [0.25, 0.3) is 5.69 Å². The fourth-order valence-electron chi connectivity index (χ4n) is 1.97. The van der Waals surface area contributed by atoms with Crippen molar-refractivity contribution in [3.8, 4) is 11.6 Å². The monoisotopic (exact) mass is 255 g/mol. The van der Waals surface area contributed by atoms with Crippen LogP contribution in [0.1, 0.15) is 0 Å². The summed E-state index contributed by atoms with van der Waals surface area (Å²) in [7, 11) is 0. The van der Waals surface area contributed by atoms with Gasteiger partial charge in [0.2, 0.25) is 5.88 Å². The minimum Gasteiger partial charge on any atom is -0.492 e. The number of nitrogens with zero attached hydrogens (tertiary/aromatic N) is 3. The second-order valence-electron chi connectivity index (χ2n) is 4.03. The maximum atomic E-state index is 10.7. The maximum Gasteiger partial charge on any atom is 0.270 e. The molecule has 0 aliphatic rings. The highest BCUT2D eigenvalue weighted by Crippen LogP contribution is 2.29. The summed E-state index contributed by atoms with van der Waals surface area (Å²) in [4.78, 5) is 10.2. The van der Waals surface area contributed by atoms with Gasteiger partial charge in [0.1, 0.15) is 0 Å². The lowest BCUT2D eigenvalue weighted by Gasteiger charge is -2.01. The van der Waals surface area contributed by atoms with Crippen molar-refractivity contribution in [2.75, 3.05) is 0 Å². The number of para-hydroxylation sites is 1. The van der Waals surface area contributed by atoms with Crippen molar-refractivity contribution in [1.29, 1.82) is 0 Å². The van der Waals surface area contributed by atoms with Gasteiger partial charge in [-0.3, -0.25) is 10.1 Å². The van der Waals surface area contributed by atoms with Crippen molar-refractivity contribution >= 4 is 16.6 Å². The molecule has 1 aromatic heterocycles. The lowest BCUT2D eigenvalue weighted by Crippen LogP contribution is -1.95. The zero-order valence-corrected chi connectivity index (χ0v) is 9.72. The third-order valence-electron chi connectivity index (χ3n) is 2.86. The van der Waals surface area contributed by atoms with E-state index in [0.29, 0.717) is 10.9 Å². The molecule has 0 bridgehead atoms. The number of rotatable bonds is 2. The van der Waals surface area contributed by atoms with Crippen LogP contribution in [0.2, 0.25) is 0 Å². The molecular weight excluding hydrogens is 246 g/mol. The number of benzene rings is 2. The van der Waals surface area contributed by atoms with Crippen molar-refractivity contribution in [2.45, 2.75) is 0 Å². The highest BCUT2D eigenvalue weighted by atomic mass is 16.6. The van der Waals surface area contributed by atoms with Gasteiger partial charge in [0.15, 0.2) is 0 Å². The standard InChI is InChI=1S/C13H9N3O3/c17-13-11-8-10(16(18)19)6-7-12(11)15(14-13)9-4-2-1-3-5-9/h1-8H,(H,14,17). The van der Waals surface area contributed by atoms with Gasteiger partial charge < -0.3 is 5.11 Å². The number of aromatic nitrogens is 2. The molecule has 19 heavy (non-hydrogen) atoms. The lowest BCUT2D eigenvalue weighted by atomic mass is 10.2. The van der Waals surface area contributed by atoms with Crippen molar-refractivity contribution in [1.82, 2.24) is 9.78 Å². The average Bonchev–Trinajstić information content (AvgIpc) is 2.77. The van der Waals surface area contributed by atoms with Crippen LogP contribution in [0.4, 0.5) is 5.69 Å². The topological polar surface area (TPSA) is 81.2 Å². The Hall–Kier alpha value is -2.89. The van der Waals surface area contributed by atoms with Crippen molar-refractivity contribution in [3.63, 3.8) is 0 Å². The molecule has 0 saturated heterocycles. The SMILES string of the molecule is O=[N+]([O-])c1ccc2c(c1)c(O)nn2-c1ccccc1. The first kappa shape index (κ1) is 11.2. The van der Waals surface area contributed by atoms with E-state index in [4.69, 9.17) is 0 Å². The number of nitro benzene ring substituents is 1. The van der Waals surface area contributed by atoms with Crippen molar-refractivity contribution < 1.29 is 10.0 Å². The molecule has 6 nitrogen and oxygen atoms in total. The zero-order chi connectivity index (χ0) is 13.4.